The molecule has 0 aromatic rings. The van der Waals surface area contributed by atoms with Gasteiger partial charge in [0.15, 0.2) is 0 Å². The predicted octanol–water partition coefficient (Wildman–Crippen LogP) is 3.94. The SMILES string of the molecule is CC.CN1CCC(C)(C)CC1.CN1CCC(O)CC1.CN1CCCCC1. The highest BCUT2D eigenvalue weighted by atomic mass is 16.3. The van der Waals surface area contributed by atoms with Crippen molar-refractivity contribution >= 4 is 0 Å². The molecule has 3 saturated heterocycles. The molecule has 4 heteroatoms. The van der Waals surface area contributed by atoms with E-state index in [0.29, 0.717) is 5.41 Å². The van der Waals surface area contributed by atoms with E-state index in [4.69, 9.17) is 5.11 Å². The van der Waals surface area contributed by atoms with E-state index in [2.05, 4.69) is 49.7 Å². The summed E-state index contributed by atoms with van der Waals surface area (Å²) in [7, 11) is 6.49. The van der Waals surface area contributed by atoms with Gasteiger partial charge in [-0.1, -0.05) is 34.1 Å². The van der Waals surface area contributed by atoms with Crippen LogP contribution in [0.25, 0.3) is 0 Å². The highest BCUT2D eigenvalue weighted by molar-refractivity contribution is 4.76. The first kappa shape index (κ1) is 25.8. The van der Waals surface area contributed by atoms with Gasteiger partial charge in [0.05, 0.1) is 6.10 Å². The Labute approximate surface area is 164 Å². The van der Waals surface area contributed by atoms with E-state index in [1.165, 1.54) is 58.3 Å². The number of likely N-dealkylation sites (tertiary alicyclic amines) is 3. The van der Waals surface area contributed by atoms with Crippen LogP contribution in [0.4, 0.5) is 0 Å². The van der Waals surface area contributed by atoms with Crippen molar-refractivity contribution in [2.24, 2.45) is 5.41 Å². The lowest BCUT2D eigenvalue weighted by atomic mass is 9.83. The van der Waals surface area contributed by atoms with Gasteiger partial charge in [-0.05, 0) is 91.3 Å². The molecular weight excluding hydrogens is 322 g/mol. The van der Waals surface area contributed by atoms with Crippen LogP contribution in [0.15, 0.2) is 0 Å². The first-order valence-corrected chi connectivity index (χ1v) is 11.0. The maximum atomic E-state index is 9.00. The van der Waals surface area contributed by atoms with E-state index >= 15 is 0 Å². The minimum absolute atomic E-state index is 0.0220. The van der Waals surface area contributed by atoms with Crippen LogP contribution in [-0.2, 0) is 0 Å². The predicted molar refractivity (Wildman–Crippen MR) is 116 cm³/mol. The largest absolute Gasteiger partial charge is 0.393 e. The molecule has 3 fully saturated rings. The molecule has 0 amide bonds. The molecule has 0 aromatic heterocycles. The van der Waals surface area contributed by atoms with Crippen molar-refractivity contribution in [2.75, 3.05) is 60.4 Å². The molecule has 158 valence electrons. The molecule has 0 aliphatic carbocycles. The van der Waals surface area contributed by atoms with Gasteiger partial charge >= 0.3 is 0 Å². The maximum Gasteiger partial charge on any atom is 0.0564 e. The third-order valence-electron chi connectivity index (χ3n) is 5.61. The van der Waals surface area contributed by atoms with Crippen LogP contribution in [0.3, 0.4) is 0 Å². The highest BCUT2D eigenvalue weighted by Gasteiger charge is 2.22. The van der Waals surface area contributed by atoms with Gasteiger partial charge < -0.3 is 19.8 Å². The van der Waals surface area contributed by atoms with Crippen LogP contribution in [0.2, 0.25) is 0 Å². The normalized spacial score (nSPS) is 24.9. The Hall–Kier alpha value is -0.160. The maximum absolute atomic E-state index is 9.00. The van der Waals surface area contributed by atoms with Crippen molar-refractivity contribution in [3.05, 3.63) is 0 Å². The molecule has 4 nitrogen and oxygen atoms in total. The van der Waals surface area contributed by atoms with E-state index in [0.717, 1.165) is 25.9 Å². The van der Waals surface area contributed by atoms with Crippen LogP contribution in [0.1, 0.15) is 72.6 Å². The van der Waals surface area contributed by atoms with Gasteiger partial charge in [0.1, 0.15) is 0 Å². The molecule has 3 aliphatic rings. The smallest absolute Gasteiger partial charge is 0.0564 e. The third kappa shape index (κ3) is 14.0. The van der Waals surface area contributed by atoms with Gasteiger partial charge in [0.25, 0.3) is 0 Å². The molecule has 3 aliphatic heterocycles. The Morgan fingerprint density at radius 3 is 1.35 bits per heavy atom. The molecule has 3 rings (SSSR count). The minimum atomic E-state index is -0.0220. The average Bonchev–Trinajstić information content (AvgIpc) is 2.64. The second-order valence-electron chi connectivity index (χ2n) is 8.87. The van der Waals surface area contributed by atoms with Crippen molar-refractivity contribution in [1.29, 1.82) is 0 Å². The number of aliphatic hydroxyl groups excluding tert-OH is 1. The number of aliphatic hydroxyl groups is 1. The molecule has 0 unspecified atom stereocenters. The molecule has 0 saturated carbocycles. The summed E-state index contributed by atoms with van der Waals surface area (Å²) in [5.41, 5.74) is 0.618. The summed E-state index contributed by atoms with van der Waals surface area (Å²) >= 11 is 0. The zero-order chi connectivity index (χ0) is 20.0. The van der Waals surface area contributed by atoms with Crippen LogP contribution in [-0.4, -0.2) is 86.3 Å². The number of rotatable bonds is 0. The van der Waals surface area contributed by atoms with Crippen LogP contribution in [0, 0.1) is 5.41 Å². The quantitative estimate of drug-likeness (QED) is 0.698. The second-order valence-corrected chi connectivity index (χ2v) is 8.87. The van der Waals surface area contributed by atoms with Gasteiger partial charge in [-0.15, -0.1) is 0 Å². The van der Waals surface area contributed by atoms with Crippen molar-refractivity contribution in [2.45, 2.75) is 78.7 Å². The zero-order valence-corrected chi connectivity index (χ0v) is 19.1. The second kappa shape index (κ2) is 14.8. The standard InChI is InChI=1S/C8H17N.C6H13NO.C6H13N.C2H6/c1-8(2)4-6-9(3)7-5-8;1-7-4-2-6(8)3-5-7;1-7-5-3-2-4-6-7;1-2/h4-7H2,1-3H3;6,8H,2-5H2,1H3;2-6H2,1H3;1-2H3. The van der Waals surface area contributed by atoms with E-state index in [1.807, 2.05) is 13.8 Å². The Kier molecular flexibility index (Phi) is 14.8. The van der Waals surface area contributed by atoms with E-state index in [9.17, 15) is 0 Å². The van der Waals surface area contributed by atoms with Gasteiger partial charge in [0, 0.05) is 13.1 Å². The summed E-state index contributed by atoms with van der Waals surface area (Å²) in [5.74, 6) is 0. The number of piperidine rings is 3. The van der Waals surface area contributed by atoms with Gasteiger partial charge in [-0.3, -0.25) is 0 Å². The fourth-order valence-corrected chi connectivity index (χ4v) is 3.27. The molecule has 0 radical (unpaired) electrons. The van der Waals surface area contributed by atoms with Crippen molar-refractivity contribution in [3.8, 4) is 0 Å². The third-order valence-corrected chi connectivity index (χ3v) is 5.61. The first-order chi connectivity index (χ1) is 12.3. The summed E-state index contributed by atoms with van der Waals surface area (Å²) in [4.78, 5) is 7.04. The Morgan fingerprint density at radius 2 is 1.04 bits per heavy atom. The lowest BCUT2D eigenvalue weighted by Crippen LogP contribution is -2.34. The lowest BCUT2D eigenvalue weighted by molar-refractivity contribution is 0.0943. The Morgan fingerprint density at radius 1 is 0.654 bits per heavy atom. The summed E-state index contributed by atoms with van der Waals surface area (Å²) in [5, 5.41) is 9.00. The Balaban J connectivity index is 0.000000346. The summed E-state index contributed by atoms with van der Waals surface area (Å²) in [6, 6.07) is 0. The van der Waals surface area contributed by atoms with Crippen molar-refractivity contribution in [1.82, 2.24) is 14.7 Å². The first-order valence-electron chi connectivity index (χ1n) is 11.0. The van der Waals surface area contributed by atoms with Crippen molar-refractivity contribution in [3.63, 3.8) is 0 Å². The van der Waals surface area contributed by atoms with E-state index in [-0.39, 0.29) is 6.10 Å². The summed E-state index contributed by atoms with van der Waals surface area (Å²) in [6.45, 7) is 16.0. The zero-order valence-electron chi connectivity index (χ0n) is 19.1. The van der Waals surface area contributed by atoms with E-state index in [1.54, 1.807) is 0 Å². The van der Waals surface area contributed by atoms with Gasteiger partial charge in [-0.2, -0.15) is 0 Å². The number of hydrogen-bond acceptors (Lipinski definition) is 4. The van der Waals surface area contributed by atoms with Gasteiger partial charge in [0.2, 0.25) is 0 Å². The van der Waals surface area contributed by atoms with Crippen molar-refractivity contribution < 1.29 is 5.11 Å². The number of hydrogen-bond donors (Lipinski definition) is 1. The molecular formula is C22H49N3O. The summed E-state index contributed by atoms with van der Waals surface area (Å²) < 4.78 is 0. The van der Waals surface area contributed by atoms with Crippen LogP contribution >= 0.6 is 0 Å². The molecule has 0 spiro atoms. The molecule has 1 N–H and O–H groups in total. The molecule has 0 aromatic carbocycles. The summed E-state index contributed by atoms with van der Waals surface area (Å²) in [6.07, 6.45) is 8.89. The Bertz CT molecular complexity index is 289. The lowest BCUT2D eigenvalue weighted by Gasteiger charge is -2.34. The fraction of sp³-hybridized carbons (Fsp3) is 1.00. The molecule has 0 bridgehead atoms. The molecule has 0 atom stereocenters. The molecule has 3 heterocycles. The highest BCUT2D eigenvalue weighted by Crippen LogP contribution is 2.28. The van der Waals surface area contributed by atoms with Gasteiger partial charge in [-0.25, -0.2) is 0 Å². The monoisotopic (exact) mass is 371 g/mol. The minimum Gasteiger partial charge on any atom is -0.393 e. The molecule has 26 heavy (non-hydrogen) atoms. The van der Waals surface area contributed by atoms with Crippen LogP contribution in [0.5, 0.6) is 0 Å². The van der Waals surface area contributed by atoms with E-state index < -0.39 is 0 Å². The topological polar surface area (TPSA) is 30.0 Å². The number of nitrogens with zero attached hydrogens (tertiary/aromatic N) is 3. The van der Waals surface area contributed by atoms with Crippen LogP contribution < -0.4 is 0 Å². The average molecular weight is 372 g/mol. The fourth-order valence-electron chi connectivity index (χ4n) is 3.27.